The Morgan fingerprint density at radius 2 is 1.71 bits per heavy atom. The summed E-state index contributed by atoms with van der Waals surface area (Å²) in [4.78, 5) is 0. The Labute approximate surface area is 106 Å². The summed E-state index contributed by atoms with van der Waals surface area (Å²) in [5.74, 6) is 6.02. The van der Waals surface area contributed by atoms with Crippen LogP contribution in [0.1, 0.15) is 51.4 Å². The Hall–Kier alpha value is -0.480. The molecule has 0 aliphatic heterocycles. The predicted molar refractivity (Wildman–Crippen MR) is 71.5 cm³/mol. The third-order valence-electron chi connectivity index (χ3n) is 5.62. The van der Waals surface area contributed by atoms with Gasteiger partial charge in [0.05, 0.1) is 0 Å². The minimum atomic E-state index is 0.552. The van der Waals surface area contributed by atoms with Crippen molar-refractivity contribution >= 4 is 0 Å². The van der Waals surface area contributed by atoms with E-state index in [4.69, 9.17) is 6.42 Å². The van der Waals surface area contributed by atoms with Crippen LogP contribution in [0.15, 0.2) is 0 Å². The Kier molecular flexibility index (Phi) is 2.95. The van der Waals surface area contributed by atoms with Crippen LogP contribution in [0.5, 0.6) is 0 Å². The molecular weight excluding hydrogens is 206 g/mol. The van der Waals surface area contributed by atoms with Gasteiger partial charge in [0.2, 0.25) is 0 Å². The largest absolute Gasteiger partial charge is 0.316 e. The van der Waals surface area contributed by atoms with E-state index >= 15 is 0 Å². The van der Waals surface area contributed by atoms with E-state index in [9.17, 15) is 0 Å². The van der Waals surface area contributed by atoms with E-state index in [0.29, 0.717) is 11.5 Å². The number of rotatable bonds is 4. The van der Waals surface area contributed by atoms with Crippen LogP contribution in [-0.2, 0) is 0 Å². The summed E-state index contributed by atoms with van der Waals surface area (Å²) in [5.41, 5.74) is 0.666. The van der Waals surface area contributed by atoms with Gasteiger partial charge in [-0.25, -0.2) is 0 Å². The molecule has 4 fully saturated rings. The maximum absolute atomic E-state index is 5.48. The van der Waals surface area contributed by atoms with Crippen LogP contribution in [0.3, 0.4) is 0 Å². The van der Waals surface area contributed by atoms with Gasteiger partial charge in [0.1, 0.15) is 0 Å². The standard InChI is InChI=1S/C16H25N/c1-3-4-15(17-2)11-16-8-12-5-13(9-16)7-14(6-12)10-16/h1,12-15,17H,4-11H2,2H3. The van der Waals surface area contributed by atoms with Crippen LogP contribution in [-0.4, -0.2) is 13.1 Å². The lowest BCUT2D eigenvalue weighted by atomic mass is 9.48. The zero-order valence-electron chi connectivity index (χ0n) is 11.0. The first-order valence-electron chi connectivity index (χ1n) is 7.34. The number of nitrogens with one attached hydrogen (secondary N) is 1. The molecule has 0 amide bonds. The Morgan fingerprint density at radius 1 is 1.18 bits per heavy atom. The highest BCUT2D eigenvalue weighted by molar-refractivity contribution is 5.03. The van der Waals surface area contributed by atoms with Gasteiger partial charge in [-0.05, 0) is 75.2 Å². The first-order chi connectivity index (χ1) is 8.23. The van der Waals surface area contributed by atoms with Crippen molar-refractivity contribution in [3.8, 4) is 12.3 Å². The minimum Gasteiger partial charge on any atom is -0.316 e. The fourth-order valence-electron chi connectivity index (χ4n) is 5.48. The second-order valence-corrected chi connectivity index (χ2v) is 7.02. The molecule has 1 unspecified atom stereocenters. The highest BCUT2D eigenvalue weighted by Crippen LogP contribution is 2.61. The number of hydrogen-bond donors (Lipinski definition) is 1. The summed E-state index contributed by atoms with van der Waals surface area (Å²) >= 11 is 0. The Bertz CT molecular complexity index is 290. The molecule has 0 spiro atoms. The van der Waals surface area contributed by atoms with Crippen LogP contribution < -0.4 is 5.32 Å². The summed E-state index contributed by atoms with van der Waals surface area (Å²) in [6.45, 7) is 0. The average Bonchev–Trinajstić information content (AvgIpc) is 2.26. The van der Waals surface area contributed by atoms with Crippen LogP contribution in [0.25, 0.3) is 0 Å². The highest BCUT2D eigenvalue weighted by Gasteiger charge is 2.51. The molecule has 4 aliphatic rings. The van der Waals surface area contributed by atoms with Crippen molar-refractivity contribution in [2.75, 3.05) is 7.05 Å². The normalized spacial score (nSPS) is 44.6. The predicted octanol–water partition coefficient (Wildman–Crippen LogP) is 3.20. The topological polar surface area (TPSA) is 12.0 Å². The molecular formula is C16H25N. The smallest absolute Gasteiger partial charge is 0.0240 e. The van der Waals surface area contributed by atoms with Gasteiger partial charge in [0.25, 0.3) is 0 Å². The molecule has 1 heteroatoms. The summed E-state index contributed by atoms with van der Waals surface area (Å²) in [6.07, 6.45) is 16.8. The van der Waals surface area contributed by atoms with E-state index in [1.165, 1.54) is 44.9 Å². The Morgan fingerprint density at radius 3 is 2.12 bits per heavy atom. The molecule has 0 aromatic carbocycles. The van der Waals surface area contributed by atoms with Crippen molar-refractivity contribution in [1.29, 1.82) is 0 Å². The molecule has 0 radical (unpaired) electrons. The van der Waals surface area contributed by atoms with Crippen molar-refractivity contribution in [3.05, 3.63) is 0 Å². The molecule has 94 valence electrons. The van der Waals surface area contributed by atoms with Crippen molar-refractivity contribution in [2.24, 2.45) is 23.2 Å². The lowest BCUT2D eigenvalue weighted by molar-refractivity contribution is -0.0614. The molecule has 4 saturated carbocycles. The fourth-order valence-corrected chi connectivity index (χ4v) is 5.48. The fraction of sp³-hybridized carbons (Fsp3) is 0.875. The lowest BCUT2D eigenvalue weighted by Gasteiger charge is -2.57. The van der Waals surface area contributed by atoms with Gasteiger partial charge < -0.3 is 5.32 Å². The monoisotopic (exact) mass is 231 g/mol. The van der Waals surface area contributed by atoms with Crippen LogP contribution >= 0.6 is 0 Å². The van der Waals surface area contributed by atoms with Gasteiger partial charge in [0, 0.05) is 12.5 Å². The average molecular weight is 231 g/mol. The van der Waals surface area contributed by atoms with Crippen molar-refractivity contribution in [2.45, 2.75) is 57.4 Å². The zero-order valence-corrected chi connectivity index (χ0v) is 11.0. The quantitative estimate of drug-likeness (QED) is 0.733. The molecule has 0 saturated heterocycles. The van der Waals surface area contributed by atoms with E-state index < -0.39 is 0 Å². The highest BCUT2D eigenvalue weighted by atomic mass is 14.9. The summed E-state index contributed by atoms with van der Waals surface area (Å²) in [5, 5.41) is 3.44. The van der Waals surface area contributed by atoms with Gasteiger partial charge in [0.15, 0.2) is 0 Å². The minimum absolute atomic E-state index is 0.552. The van der Waals surface area contributed by atoms with Gasteiger partial charge in [-0.15, -0.1) is 12.3 Å². The van der Waals surface area contributed by atoms with E-state index in [1.807, 2.05) is 0 Å². The summed E-state index contributed by atoms with van der Waals surface area (Å²) < 4.78 is 0. The van der Waals surface area contributed by atoms with Crippen LogP contribution in [0.2, 0.25) is 0 Å². The van der Waals surface area contributed by atoms with E-state index in [0.717, 1.165) is 24.2 Å². The molecule has 1 N–H and O–H groups in total. The second-order valence-electron chi connectivity index (χ2n) is 7.02. The first-order valence-corrected chi connectivity index (χ1v) is 7.34. The van der Waals surface area contributed by atoms with Crippen molar-refractivity contribution in [3.63, 3.8) is 0 Å². The SMILES string of the molecule is C#CCC(CC12CC3CC(CC(C3)C1)C2)NC. The molecule has 0 aromatic rings. The van der Waals surface area contributed by atoms with Crippen LogP contribution in [0, 0.1) is 35.5 Å². The van der Waals surface area contributed by atoms with E-state index in [2.05, 4.69) is 18.3 Å². The first kappa shape index (κ1) is 11.6. The number of hydrogen-bond acceptors (Lipinski definition) is 1. The lowest BCUT2D eigenvalue weighted by Crippen LogP contribution is -2.48. The summed E-state index contributed by atoms with van der Waals surface area (Å²) in [6, 6.07) is 0.552. The second kappa shape index (κ2) is 4.32. The molecule has 1 nitrogen and oxygen atoms in total. The molecule has 17 heavy (non-hydrogen) atoms. The third-order valence-corrected chi connectivity index (χ3v) is 5.62. The van der Waals surface area contributed by atoms with Gasteiger partial charge in [-0.2, -0.15) is 0 Å². The molecule has 1 atom stereocenters. The van der Waals surface area contributed by atoms with E-state index in [1.54, 1.807) is 0 Å². The maximum atomic E-state index is 5.48. The van der Waals surface area contributed by atoms with Gasteiger partial charge in [-0.3, -0.25) is 0 Å². The van der Waals surface area contributed by atoms with Crippen molar-refractivity contribution < 1.29 is 0 Å². The van der Waals surface area contributed by atoms with Crippen LogP contribution in [0.4, 0.5) is 0 Å². The maximum Gasteiger partial charge on any atom is 0.0240 e. The molecule has 0 heterocycles. The zero-order chi connectivity index (χ0) is 11.9. The molecule has 4 aliphatic carbocycles. The third kappa shape index (κ3) is 2.13. The van der Waals surface area contributed by atoms with E-state index in [-0.39, 0.29) is 0 Å². The van der Waals surface area contributed by atoms with Gasteiger partial charge in [-0.1, -0.05) is 0 Å². The number of terminal acetylenes is 1. The van der Waals surface area contributed by atoms with Crippen molar-refractivity contribution in [1.82, 2.24) is 5.32 Å². The molecule has 0 aromatic heterocycles. The summed E-state index contributed by atoms with van der Waals surface area (Å²) in [7, 11) is 2.07. The molecule has 4 rings (SSSR count). The van der Waals surface area contributed by atoms with Gasteiger partial charge >= 0.3 is 0 Å². The molecule has 4 bridgehead atoms. The Balaban J connectivity index is 1.71.